The van der Waals surface area contributed by atoms with Crippen molar-refractivity contribution < 1.29 is 31.5 Å². The third kappa shape index (κ3) is 4.27. The minimum atomic E-state index is -4.56. The number of carbonyl (C=O) groups is 1. The van der Waals surface area contributed by atoms with Crippen LogP contribution in [0.2, 0.25) is 0 Å². The molecule has 0 spiro atoms. The highest BCUT2D eigenvalue weighted by atomic mass is 19.4. The van der Waals surface area contributed by atoms with Crippen molar-refractivity contribution >= 4 is 17.6 Å². The summed E-state index contributed by atoms with van der Waals surface area (Å²) in [6.45, 7) is 1.32. The molecule has 1 aliphatic heterocycles. The highest BCUT2D eigenvalue weighted by molar-refractivity contribution is 6.03. The summed E-state index contributed by atoms with van der Waals surface area (Å²) in [5, 5.41) is 2.44. The maximum atomic E-state index is 14.5. The molecule has 2 heterocycles. The summed E-state index contributed by atoms with van der Waals surface area (Å²) in [4.78, 5) is 18.6. The van der Waals surface area contributed by atoms with E-state index in [1.165, 1.54) is 18.6 Å². The molecule has 0 radical (unpaired) electrons. The van der Waals surface area contributed by atoms with E-state index in [0.29, 0.717) is 36.8 Å². The first-order valence-electron chi connectivity index (χ1n) is 11.3. The van der Waals surface area contributed by atoms with Gasteiger partial charge in [-0.05, 0) is 61.5 Å². The Morgan fingerprint density at radius 3 is 2.48 bits per heavy atom. The van der Waals surface area contributed by atoms with Gasteiger partial charge in [-0.15, -0.1) is 0 Å². The van der Waals surface area contributed by atoms with Gasteiger partial charge in [0.1, 0.15) is 12.2 Å². The monoisotopic (exact) mass is 465 g/mol. The fourth-order valence-electron chi connectivity index (χ4n) is 5.31. The van der Waals surface area contributed by atoms with Gasteiger partial charge in [-0.3, -0.25) is 4.79 Å². The van der Waals surface area contributed by atoms with Gasteiger partial charge >= 0.3 is 6.18 Å². The average Bonchev–Trinajstić information content (AvgIpc) is 3.46. The molecule has 2 aromatic rings. The van der Waals surface area contributed by atoms with E-state index >= 15 is 0 Å². The number of nitrogens with one attached hydrogen (secondary N) is 1. The van der Waals surface area contributed by atoms with E-state index in [2.05, 4.69) is 10.3 Å². The molecule has 1 saturated heterocycles. The van der Waals surface area contributed by atoms with Crippen LogP contribution in [-0.2, 0) is 6.42 Å². The Bertz CT molecular complexity index is 1080. The van der Waals surface area contributed by atoms with Crippen molar-refractivity contribution in [1.29, 1.82) is 0 Å². The minimum Gasteiger partial charge on any atom is -0.487 e. The number of hydrogen-bond donors (Lipinski definition) is 1. The van der Waals surface area contributed by atoms with E-state index in [0.717, 1.165) is 25.3 Å². The number of anilines is 2. The Morgan fingerprint density at radius 1 is 1.12 bits per heavy atom. The number of ether oxygens (including phenoxy) is 1. The number of halogens is 4. The topological polar surface area (TPSA) is 67.6 Å². The number of oxazole rings is 1. The van der Waals surface area contributed by atoms with Gasteiger partial charge in [0, 0.05) is 24.8 Å². The number of rotatable bonds is 6. The maximum Gasteiger partial charge on any atom is 0.396 e. The van der Waals surface area contributed by atoms with Crippen molar-refractivity contribution in [3.8, 4) is 5.75 Å². The lowest BCUT2D eigenvalue weighted by Crippen LogP contribution is -2.22. The molecule has 1 aromatic heterocycles. The summed E-state index contributed by atoms with van der Waals surface area (Å²) < 4.78 is 64.9. The van der Waals surface area contributed by atoms with Crippen LogP contribution in [0, 0.1) is 29.5 Å². The number of alkyl halides is 3. The lowest BCUT2D eigenvalue weighted by Gasteiger charge is -2.16. The van der Waals surface area contributed by atoms with Gasteiger partial charge < -0.3 is 19.4 Å². The van der Waals surface area contributed by atoms with Crippen molar-refractivity contribution in [3.63, 3.8) is 0 Å². The molecule has 6 rings (SSSR count). The first-order valence-corrected chi connectivity index (χ1v) is 11.3. The van der Waals surface area contributed by atoms with Crippen LogP contribution < -0.4 is 15.0 Å². The van der Waals surface area contributed by atoms with Crippen LogP contribution in [-0.4, -0.2) is 36.3 Å². The van der Waals surface area contributed by atoms with Crippen LogP contribution in [0.4, 0.5) is 29.3 Å². The number of piperidine rings is 1. The first-order chi connectivity index (χ1) is 15.7. The van der Waals surface area contributed by atoms with E-state index in [-0.39, 0.29) is 23.6 Å². The molecule has 4 unspecified atom stereocenters. The van der Waals surface area contributed by atoms with Gasteiger partial charge in [-0.1, -0.05) is 0 Å². The van der Waals surface area contributed by atoms with Crippen LogP contribution in [0.1, 0.15) is 41.9 Å². The third-order valence-corrected chi connectivity index (χ3v) is 7.20. The van der Waals surface area contributed by atoms with Crippen molar-refractivity contribution in [3.05, 3.63) is 35.5 Å². The summed E-state index contributed by atoms with van der Waals surface area (Å²) in [7, 11) is 0. The summed E-state index contributed by atoms with van der Waals surface area (Å²) in [6.07, 6.45) is -1.79. The molecule has 1 amide bonds. The Balaban J connectivity index is 1.17. The van der Waals surface area contributed by atoms with Crippen LogP contribution in [0.3, 0.4) is 0 Å². The average molecular weight is 465 g/mol. The van der Waals surface area contributed by atoms with Gasteiger partial charge in [-0.25, -0.2) is 4.39 Å². The summed E-state index contributed by atoms with van der Waals surface area (Å²) in [6, 6.07) is 4.01. The second-order valence-electron chi connectivity index (χ2n) is 9.79. The first kappa shape index (κ1) is 20.8. The zero-order chi connectivity index (χ0) is 22.9. The lowest BCUT2D eigenvalue weighted by atomic mass is 10.2. The van der Waals surface area contributed by atoms with Crippen molar-refractivity contribution in [2.24, 2.45) is 23.7 Å². The van der Waals surface area contributed by atoms with E-state index in [4.69, 9.17) is 9.15 Å². The predicted molar refractivity (Wildman–Crippen MR) is 110 cm³/mol. The number of hydrogen-bond acceptors (Lipinski definition) is 5. The quantitative estimate of drug-likeness (QED) is 0.621. The van der Waals surface area contributed by atoms with Crippen molar-refractivity contribution in [2.45, 2.75) is 44.4 Å². The van der Waals surface area contributed by atoms with Crippen LogP contribution in [0.25, 0.3) is 0 Å². The fraction of sp³-hybridized carbons (Fsp3) is 0.565. The Labute approximate surface area is 187 Å². The zero-order valence-corrected chi connectivity index (χ0v) is 17.7. The van der Waals surface area contributed by atoms with Crippen molar-refractivity contribution in [1.82, 2.24) is 4.98 Å². The number of aromatic nitrogens is 1. The number of nitrogens with zero attached hydrogens (tertiary/aromatic N) is 2. The van der Waals surface area contributed by atoms with Gasteiger partial charge in [0.05, 0.1) is 6.10 Å². The predicted octanol–water partition coefficient (Wildman–Crippen LogP) is 4.80. The molecule has 4 aliphatic rings. The number of carbonyl (C=O) groups excluding carboxylic acids is 1. The molecule has 1 aromatic carbocycles. The van der Waals surface area contributed by atoms with Crippen molar-refractivity contribution in [2.75, 3.05) is 23.3 Å². The van der Waals surface area contributed by atoms with Gasteiger partial charge in [0.25, 0.3) is 11.9 Å². The van der Waals surface area contributed by atoms with Gasteiger partial charge in [0.15, 0.2) is 17.3 Å². The van der Waals surface area contributed by atoms with Gasteiger partial charge in [-0.2, -0.15) is 18.2 Å². The van der Waals surface area contributed by atoms with E-state index < -0.39 is 35.8 Å². The maximum absolute atomic E-state index is 14.5. The molecule has 33 heavy (non-hydrogen) atoms. The molecule has 3 saturated carbocycles. The SMILES string of the molecule is O=C(Nc1ccc(OC2CC3C[C@H]3C2)c(F)c1)c1nc(N2CC3CC3C2)oc1CC(F)(F)F. The molecule has 10 heteroatoms. The standard InChI is InChI=1S/C23H23F4N3O3/c24-17-7-15(1-2-18(17)32-16-5-11-3-12(11)6-16)28-21(31)20-19(8-23(25,26)27)33-22(29-20)30-9-13-4-14(13)10-30/h1-2,7,11-14,16H,3-6,8-10H2,(H,28,31)/t11-,12?,13?,14?,16?/m0/s1. The van der Waals surface area contributed by atoms with E-state index in [9.17, 15) is 22.4 Å². The Hall–Kier alpha value is -2.78. The van der Waals surface area contributed by atoms with Gasteiger partial charge in [0.2, 0.25) is 0 Å². The lowest BCUT2D eigenvalue weighted by molar-refractivity contribution is -0.130. The molecule has 1 N–H and O–H groups in total. The number of fused-ring (bicyclic) bond motifs is 2. The smallest absolute Gasteiger partial charge is 0.396 e. The summed E-state index contributed by atoms with van der Waals surface area (Å²) in [5.74, 6) is 0.461. The van der Waals surface area contributed by atoms with E-state index in [1.54, 1.807) is 4.90 Å². The minimum absolute atomic E-state index is 0.00112. The van der Waals surface area contributed by atoms with Crippen LogP contribution in [0.5, 0.6) is 5.75 Å². The molecule has 0 bridgehead atoms. The largest absolute Gasteiger partial charge is 0.487 e. The fourth-order valence-corrected chi connectivity index (χ4v) is 5.31. The molecular formula is C23H23F4N3O3. The Morgan fingerprint density at radius 2 is 1.82 bits per heavy atom. The molecule has 5 atom stereocenters. The number of amides is 1. The third-order valence-electron chi connectivity index (χ3n) is 7.20. The highest BCUT2D eigenvalue weighted by Crippen LogP contribution is 2.52. The normalized spacial score (nSPS) is 29.6. The molecule has 176 valence electrons. The second-order valence-corrected chi connectivity index (χ2v) is 9.79. The summed E-state index contributed by atoms with van der Waals surface area (Å²) >= 11 is 0. The highest BCUT2D eigenvalue weighted by Gasteiger charge is 2.48. The molecule has 3 aliphatic carbocycles. The van der Waals surface area contributed by atoms with Crippen LogP contribution in [0.15, 0.2) is 22.6 Å². The zero-order valence-electron chi connectivity index (χ0n) is 17.7. The number of benzene rings is 1. The van der Waals surface area contributed by atoms with E-state index in [1.807, 2.05) is 0 Å². The second kappa shape index (κ2) is 7.36. The molecular weight excluding hydrogens is 442 g/mol. The van der Waals surface area contributed by atoms with Crippen LogP contribution >= 0.6 is 0 Å². The summed E-state index contributed by atoms with van der Waals surface area (Å²) in [5.41, 5.74) is -0.335. The molecule has 6 nitrogen and oxygen atoms in total. The Kier molecular flexibility index (Phi) is 4.64. The molecule has 4 fully saturated rings.